The predicted molar refractivity (Wildman–Crippen MR) is 104 cm³/mol. The molecule has 2 saturated carbocycles. The van der Waals surface area contributed by atoms with Crippen LogP contribution in [0.5, 0.6) is 0 Å². The molecule has 1 aromatic rings. The molecule has 5 N–H and O–H groups in total. The van der Waals surface area contributed by atoms with E-state index in [0.29, 0.717) is 30.3 Å². The van der Waals surface area contributed by atoms with Crippen LogP contribution in [0.4, 0.5) is 11.8 Å². The van der Waals surface area contributed by atoms with Crippen molar-refractivity contribution in [1.82, 2.24) is 9.97 Å². The van der Waals surface area contributed by atoms with E-state index < -0.39 is 5.91 Å². The number of aliphatic hydroxyl groups excluding tert-OH is 1. The highest BCUT2D eigenvalue weighted by Gasteiger charge is 2.24. The molecule has 8 heteroatoms. The minimum atomic E-state index is -0.558. The van der Waals surface area contributed by atoms with Gasteiger partial charge in [0.05, 0.1) is 17.8 Å². The predicted octanol–water partition coefficient (Wildman–Crippen LogP) is 2.05. The number of ether oxygens (including phenoxy) is 1. The van der Waals surface area contributed by atoms with Crippen molar-refractivity contribution in [3.05, 3.63) is 11.8 Å². The van der Waals surface area contributed by atoms with Crippen molar-refractivity contribution in [3.63, 3.8) is 0 Å². The van der Waals surface area contributed by atoms with Gasteiger partial charge < -0.3 is 26.2 Å². The number of primary amides is 1. The summed E-state index contributed by atoms with van der Waals surface area (Å²) >= 11 is 0. The number of aliphatic hydroxyl groups is 1. The van der Waals surface area contributed by atoms with Crippen LogP contribution in [-0.2, 0) is 4.74 Å². The standard InChI is InChI=1S/C19H31N5O3/c1-2-27-15-8-6-12(7-9-15)23-19-21-11-16(17(20)26)18(24-19)22-13-4-3-5-14(25)10-13/h11-15,25H,2-10H2,1H3,(H2,20,26)(H2,21,22,23,24)/t12-,13-,14-,15-/m1/s1. The average molecular weight is 377 g/mol. The highest BCUT2D eigenvalue weighted by molar-refractivity contribution is 5.97. The summed E-state index contributed by atoms with van der Waals surface area (Å²) in [6, 6.07) is 0.377. The summed E-state index contributed by atoms with van der Waals surface area (Å²) < 4.78 is 5.69. The van der Waals surface area contributed by atoms with E-state index in [-0.39, 0.29) is 17.7 Å². The summed E-state index contributed by atoms with van der Waals surface area (Å²) in [5, 5.41) is 16.5. The first-order valence-electron chi connectivity index (χ1n) is 10.0. The quantitative estimate of drug-likeness (QED) is 0.573. The molecule has 2 fully saturated rings. The van der Waals surface area contributed by atoms with Crippen LogP contribution in [0.25, 0.3) is 0 Å². The Kier molecular flexibility index (Phi) is 6.84. The van der Waals surface area contributed by atoms with Gasteiger partial charge in [0.15, 0.2) is 0 Å². The van der Waals surface area contributed by atoms with Gasteiger partial charge in [-0.15, -0.1) is 0 Å². The number of nitrogens with two attached hydrogens (primary N) is 1. The second-order valence-corrected chi connectivity index (χ2v) is 7.56. The fourth-order valence-electron chi connectivity index (χ4n) is 4.02. The molecular formula is C19H31N5O3. The van der Waals surface area contributed by atoms with Crippen molar-refractivity contribution in [3.8, 4) is 0 Å². The summed E-state index contributed by atoms with van der Waals surface area (Å²) in [6.45, 7) is 2.78. The molecule has 150 valence electrons. The van der Waals surface area contributed by atoms with Crippen LogP contribution < -0.4 is 16.4 Å². The molecule has 0 saturated heterocycles. The fraction of sp³-hybridized carbons (Fsp3) is 0.737. The van der Waals surface area contributed by atoms with Crippen molar-refractivity contribution in [2.75, 3.05) is 17.2 Å². The maximum Gasteiger partial charge on any atom is 0.254 e. The number of nitrogens with zero attached hydrogens (tertiary/aromatic N) is 2. The molecule has 1 aromatic heterocycles. The third-order valence-electron chi connectivity index (χ3n) is 5.45. The smallest absolute Gasteiger partial charge is 0.254 e. The Morgan fingerprint density at radius 2 is 2.00 bits per heavy atom. The minimum Gasteiger partial charge on any atom is -0.393 e. The third-order valence-corrected chi connectivity index (χ3v) is 5.45. The number of amides is 1. The van der Waals surface area contributed by atoms with E-state index in [0.717, 1.165) is 51.6 Å². The lowest BCUT2D eigenvalue weighted by molar-refractivity contribution is 0.0346. The Bertz CT molecular complexity index is 634. The second kappa shape index (κ2) is 9.32. The van der Waals surface area contributed by atoms with E-state index in [4.69, 9.17) is 10.5 Å². The first-order chi connectivity index (χ1) is 13.0. The molecule has 0 aromatic carbocycles. The van der Waals surface area contributed by atoms with E-state index in [2.05, 4.69) is 20.6 Å². The number of hydrogen-bond acceptors (Lipinski definition) is 7. The number of carbonyl (C=O) groups excluding carboxylic acids is 1. The summed E-state index contributed by atoms with van der Waals surface area (Å²) in [5.74, 6) is 0.387. The highest BCUT2D eigenvalue weighted by atomic mass is 16.5. The van der Waals surface area contributed by atoms with Crippen molar-refractivity contribution >= 4 is 17.7 Å². The molecule has 0 spiro atoms. The topological polar surface area (TPSA) is 122 Å². The van der Waals surface area contributed by atoms with Crippen LogP contribution in [0.1, 0.15) is 68.6 Å². The van der Waals surface area contributed by atoms with Gasteiger partial charge in [0, 0.05) is 24.9 Å². The van der Waals surface area contributed by atoms with Gasteiger partial charge in [-0.1, -0.05) is 0 Å². The van der Waals surface area contributed by atoms with Gasteiger partial charge in [0.2, 0.25) is 5.95 Å². The Balaban J connectivity index is 1.65. The molecule has 8 nitrogen and oxygen atoms in total. The molecule has 2 aliphatic rings. The molecule has 0 radical (unpaired) electrons. The number of anilines is 2. The van der Waals surface area contributed by atoms with Gasteiger partial charge in [-0.2, -0.15) is 4.98 Å². The largest absolute Gasteiger partial charge is 0.393 e. The lowest BCUT2D eigenvalue weighted by Gasteiger charge is -2.29. The van der Waals surface area contributed by atoms with Gasteiger partial charge in [0.1, 0.15) is 5.82 Å². The minimum absolute atomic E-state index is 0.0798. The Morgan fingerprint density at radius 1 is 1.22 bits per heavy atom. The Hall–Kier alpha value is -1.93. The summed E-state index contributed by atoms with van der Waals surface area (Å²) in [4.78, 5) is 20.5. The zero-order valence-electron chi connectivity index (χ0n) is 16.0. The molecule has 27 heavy (non-hydrogen) atoms. The van der Waals surface area contributed by atoms with Gasteiger partial charge >= 0.3 is 0 Å². The molecule has 2 atom stereocenters. The number of hydrogen-bond donors (Lipinski definition) is 4. The number of nitrogens with one attached hydrogen (secondary N) is 2. The van der Waals surface area contributed by atoms with E-state index in [1.807, 2.05) is 6.92 Å². The molecule has 1 heterocycles. The van der Waals surface area contributed by atoms with E-state index >= 15 is 0 Å². The molecule has 1 amide bonds. The van der Waals surface area contributed by atoms with Crippen LogP contribution >= 0.6 is 0 Å². The normalized spacial score (nSPS) is 28.5. The van der Waals surface area contributed by atoms with Gasteiger partial charge in [0.25, 0.3) is 5.91 Å². The van der Waals surface area contributed by atoms with Crippen LogP contribution in [0.2, 0.25) is 0 Å². The molecule has 2 aliphatic carbocycles. The fourth-order valence-corrected chi connectivity index (χ4v) is 4.02. The molecule has 0 unspecified atom stereocenters. The van der Waals surface area contributed by atoms with E-state index in [1.165, 1.54) is 6.20 Å². The lowest BCUT2D eigenvalue weighted by Crippen LogP contribution is -2.32. The first-order valence-corrected chi connectivity index (χ1v) is 10.0. The Labute approximate surface area is 160 Å². The highest BCUT2D eigenvalue weighted by Crippen LogP contribution is 2.26. The molecular weight excluding hydrogens is 346 g/mol. The van der Waals surface area contributed by atoms with Crippen molar-refractivity contribution in [1.29, 1.82) is 0 Å². The van der Waals surface area contributed by atoms with E-state index in [9.17, 15) is 9.90 Å². The average Bonchev–Trinajstić information content (AvgIpc) is 2.63. The summed E-state index contributed by atoms with van der Waals surface area (Å²) in [6.07, 6.45) is 8.92. The SMILES string of the molecule is CCO[C@H]1CC[C@H](Nc2ncc(C(N)=O)c(N[C@@H]3CCC[C@@H](O)C3)n2)CC1. The number of rotatable bonds is 7. The third kappa shape index (κ3) is 5.52. The van der Waals surface area contributed by atoms with Crippen LogP contribution in [-0.4, -0.2) is 51.9 Å². The first kappa shape index (κ1) is 19.8. The molecule has 0 bridgehead atoms. The summed E-state index contributed by atoms with van der Waals surface area (Å²) in [7, 11) is 0. The number of aromatic nitrogens is 2. The maximum atomic E-state index is 11.7. The van der Waals surface area contributed by atoms with Gasteiger partial charge in [-0.25, -0.2) is 4.98 Å². The Morgan fingerprint density at radius 3 is 2.67 bits per heavy atom. The van der Waals surface area contributed by atoms with E-state index in [1.54, 1.807) is 0 Å². The van der Waals surface area contributed by atoms with Crippen molar-refractivity contribution < 1.29 is 14.6 Å². The van der Waals surface area contributed by atoms with Crippen molar-refractivity contribution in [2.24, 2.45) is 5.73 Å². The maximum absolute atomic E-state index is 11.7. The second-order valence-electron chi connectivity index (χ2n) is 7.56. The zero-order chi connectivity index (χ0) is 19.2. The van der Waals surface area contributed by atoms with Crippen LogP contribution in [0.3, 0.4) is 0 Å². The number of carbonyl (C=O) groups is 1. The molecule has 0 aliphatic heterocycles. The lowest BCUT2D eigenvalue weighted by atomic mass is 9.93. The summed E-state index contributed by atoms with van der Waals surface area (Å²) in [5.41, 5.74) is 5.76. The zero-order valence-corrected chi connectivity index (χ0v) is 16.0. The van der Waals surface area contributed by atoms with Crippen molar-refractivity contribution in [2.45, 2.75) is 82.6 Å². The van der Waals surface area contributed by atoms with Gasteiger partial charge in [-0.05, 0) is 58.3 Å². The van der Waals surface area contributed by atoms with Crippen LogP contribution in [0.15, 0.2) is 6.20 Å². The molecule has 3 rings (SSSR count). The van der Waals surface area contributed by atoms with Gasteiger partial charge in [-0.3, -0.25) is 4.79 Å². The van der Waals surface area contributed by atoms with Crippen LogP contribution in [0, 0.1) is 0 Å². The monoisotopic (exact) mass is 377 g/mol.